The largest absolute Gasteiger partial charge is 0.325 e. The van der Waals surface area contributed by atoms with Gasteiger partial charge in [0.25, 0.3) is 5.91 Å². The lowest BCUT2D eigenvalue weighted by molar-refractivity contribution is -0.130. The Morgan fingerprint density at radius 3 is 2.43 bits per heavy atom. The first kappa shape index (κ1) is 11.3. The molecule has 0 spiro atoms. The monoisotopic (exact) mass is 218 g/mol. The number of amides is 3. The van der Waals surface area contributed by atoms with Gasteiger partial charge in [0.05, 0.1) is 5.38 Å². The van der Waals surface area contributed by atoms with E-state index in [1.807, 2.05) is 6.92 Å². The second-order valence-corrected chi connectivity index (χ2v) is 4.59. The quantitative estimate of drug-likeness (QED) is 0.574. The highest BCUT2D eigenvalue weighted by atomic mass is 35.5. The van der Waals surface area contributed by atoms with E-state index in [1.54, 1.807) is 13.8 Å². The number of urea groups is 1. The molecular weight excluding hydrogens is 204 g/mol. The number of carbonyl (C=O) groups excluding carboxylic acids is 2. The van der Waals surface area contributed by atoms with Crippen molar-refractivity contribution in [3.05, 3.63) is 0 Å². The van der Waals surface area contributed by atoms with Crippen molar-refractivity contribution in [1.82, 2.24) is 10.2 Å². The predicted octanol–water partition coefficient (Wildman–Crippen LogP) is 1.33. The number of halogens is 1. The van der Waals surface area contributed by atoms with Gasteiger partial charge in [-0.25, -0.2) is 4.79 Å². The fourth-order valence-corrected chi connectivity index (χ4v) is 1.45. The molecule has 0 bridgehead atoms. The number of alkyl halides is 1. The van der Waals surface area contributed by atoms with E-state index >= 15 is 0 Å². The van der Waals surface area contributed by atoms with E-state index in [2.05, 4.69) is 5.32 Å². The van der Waals surface area contributed by atoms with Crippen LogP contribution in [0.5, 0.6) is 0 Å². The summed E-state index contributed by atoms with van der Waals surface area (Å²) in [7, 11) is 0. The lowest BCUT2D eigenvalue weighted by Crippen LogP contribution is -2.41. The molecule has 1 aliphatic heterocycles. The Labute approximate surface area is 88.6 Å². The zero-order valence-corrected chi connectivity index (χ0v) is 9.39. The summed E-state index contributed by atoms with van der Waals surface area (Å²) in [6.45, 7) is 5.57. The Balaban J connectivity index is 2.71. The second kappa shape index (κ2) is 3.77. The summed E-state index contributed by atoms with van der Waals surface area (Å²) in [5.74, 6) is -0.207. The maximum absolute atomic E-state index is 11.7. The van der Waals surface area contributed by atoms with Gasteiger partial charge in [-0.1, -0.05) is 6.92 Å². The molecule has 0 radical (unpaired) electrons. The first-order valence-electron chi connectivity index (χ1n) is 4.66. The SMILES string of the molecule is CCC(Cl)CN1C(=O)NC(C)(C)C1=O. The highest BCUT2D eigenvalue weighted by molar-refractivity contribution is 6.21. The first-order chi connectivity index (χ1) is 6.38. The molecule has 1 heterocycles. The van der Waals surface area contributed by atoms with E-state index in [-0.39, 0.29) is 23.9 Å². The number of carbonyl (C=O) groups is 2. The first-order valence-corrected chi connectivity index (χ1v) is 5.10. The lowest BCUT2D eigenvalue weighted by atomic mass is 10.1. The van der Waals surface area contributed by atoms with Gasteiger partial charge >= 0.3 is 6.03 Å². The Kier molecular flexibility index (Phi) is 3.04. The second-order valence-electron chi connectivity index (χ2n) is 3.98. The van der Waals surface area contributed by atoms with Crippen LogP contribution >= 0.6 is 11.6 Å². The summed E-state index contributed by atoms with van der Waals surface area (Å²) >= 11 is 5.90. The van der Waals surface area contributed by atoms with E-state index in [0.29, 0.717) is 0 Å². The van der Waals surface area contributed by atoms with Crippen molar-refractivity contribution in [1.29, 1.82) is 0 Å². The Bertz CT molecular complexity index is 266. The summed E-state index contributed by atoms with van der Waals surface area (Å²) in [5.41, 5.74) is -0.790. The molecule has 14 heavy (non-hydrogen) atoms. The van der Waals surface area contributed by atoms with Gasteiger partial charge in [-0.3, -0.25) is 9.69 Å². The van der Waals surface area contributed by atoms with Gasteiger partial charge in [0.15, 0.2) is 0 Å². The number of nitrogens with one attached hydrogen (secondary N) is 1. The van der Waals surface area contributed by atoms with Crippen LogP contribution in [0.15, 0.2) is 0 Å². The molecule has 1 N–H and O–H groups in total. The van der Waals surface area contributed by atoms with Gasteiger partial charge in [-0.15, -0.1) is 11.6 Å². The van der Waals surface area contributed by atoms with Crippen LogP contribution in [-0.2, 0) is 4.79 Å². The third kappa shape index (κ3) is 2.00. The molecule has 3 amide bonds. The fraction of sp³-hybridized carbons (Fsp3) is 0.778. The zero-order valence-electron chi connectivity index (χ0n) is 8.63. The zero-order chi connectivity index (χ0) is 10.9. The number of imide groups is 1. The third-order valence-electron chi connectivity index (χ3n) is 2.27. The standard InChI is InChI=1S/C9H15ClN2O2/c1-4-6(10)5-12-7(13)9(2,3)11-8(12)14/h6H,4-5H2,1-3H3,(H,11,14). The minimum atomic E-state index is -0.790. The summed E-state index contributed by atoms with van der Waals surface area (Å²) in [5, 5.41) is 2.43. The molecule has 80 valence electrons. The van der Waals surface area contributed by atoms with Crippen LogP contribution in [0.4, 0.5) is 4.79 Å². The maximum atomic E-state index is 11.7. The van der Waals surface area contributed by atoms with Crippen molar-refractivity contribution in [2.24, 2.45) is 0 Å². The maximum Gasteiger partial charge on any atom is 0.325 e. The smallest absolute Gasteiger partial charge is 0.324 e. The highest BCUT2D eigenvalue weighted by Crippen LogP contribution is 2.18. The molecule has 0 aromatic heterocycles. The Morgan fingerprint density at radius 2 is 2.07 bits per heavy atom. The van der Waals surface area contributed by atoms with Gasteiger partial charge in [0.1, 0.15) is 5.54 Å². The number of hydrogen-bond donors (Lipinski definition) is 1. The van der Waals surface area contributed by atoms with Crippen molar-refractivity contribution in [2.75, 3.05) is 6.54 Å². The normalized spacial score (nSPS) is 22.4. The van der Waals surface area contributed by atoms with Gasteiger partial charge in [0, 0.05) is 6.54 Å². The minimum Gasteiger partial charge on any atom is -0.324 e. The molecule has 5 heteroatoms. The van der Waals surface area contributed by atoms with Crippen molar-refractivity contribution in [3.8, 4) is 0 Å². The van der Waals surface area contributed by atoms with Gasteiger partial charge < -0.3 is 5.32 Å². The van der Waals surface area contributed by atoms with Crippen molar-refractivity contribution >= 4 is 23.5 Å². The molecule has 1 fully saturated rings. The van der Waals surface area contributed by atoms with Crippen LogP contribution in [0.2, 0.25) is 0 Å². The molecule has 1 unspecified atom stereocenters. The van der Waals surface area contributed by atoms with Crippen LogP contribution in [0.1, 0.15) is 27.2 Å². The molecule has 1 rings (SSSR count). The van der Waals surface area contributed by atoms with E-state index in [0.717, 1.165) is 6.42 Å². The Hall–Kier alpha value is -0.770. The van der Waals surface area contributed by atoms with Crippen LogP contribution < -0.4 is 5.32 Å². The van der Waals surface area contributed by atoms with E-state index in [9.17, 15) is 9.59 Å². The summed E-state index contributed by atoms with van der Waals surface area (Å²) < 4.78 is 0. The molecule has 0 aromatic carbocycles. The Morgan fingerprint density at radius 1 is 1.50 bits per heavy atom. The summed E-state index contributed by atoms with van der Waals surface area (Å²) in [4.78, 5) is 24.2. The van der Waals surface area contributed by atoms with Crippen molar-refractivity contribution in [2.45, 2.75) is 38.1 Å². The lowest BCUT2D eigenvalue weighted by Gasteiger charge is -2.17. The average Bonchev–Trinajstić information content (AvgIpc) is 2.28. The van der Waals surface area contributed by atoms with Crippen molar-refractivity contribution in [3.63, 3.8) is 0 Å². The molecule has 1 saturated heterocycles. The number of hydrogen-bond acceptors (Lipinski definition) is 2. The fourth-order valence-electron chi connectivity index (χ4n) is 1.31. The molecular formula is C9H15ClN2O2. The van der Waals surface area contributed by atoms with Gasteiger partial charge in [-0.05, 0) is 20.3 Å². The van der Waals surface area contributed by atoms with Crippen LogP contribution in [0.3, 0.4) is 0 Å². The molecule has 4 nitrogen and oxygen atoms in total. The molecule has 1 aliphatic rings. The van der Waals surface area contributed by atoms with Gasteiger partial charge in [-0.2, -0.15) is 0 Å². The molecule has 1 atom stereocenters. The number of rotatable bonds is 3. The minimum absolute atomic E-state index is 0.168. The molecule has 0 aromatic rings. The van der Waals surface area contributed by atoms with Crippen molar-refractivity contribution < 1.29 is 9.59 Å². The molecule has 0 saturated carbocycles. The van der Waals surface area contributed by atoms with E-state index in [4.69, 9.17) is 11.6 Å². The van der Waals surface area contributed by atoms with E-state index in [1.165, 1.54) is 4.90 Å². The van der Waals surface area contributed by atoms with Crippen LogP contribution in [-0.4, -0.2) is 34.3 Å². The average molecular weight is 219 g/mol. The highest BCUT2D eigenvalue weighted by Gasteiger charge is 2.44. The number of nitrogens with zero attached hydrogens (tertiary/aromatic N) is 1. The van der Waals surface area contributed by atoms with E-state index < -0.39 is 5.54 Å². The summed E-state index contributed by atoms with van der Waals surface area (Å²) in [6.07, 6.45) is 0.735. The van der Waals surface area contributed by atoms with Gasteiger partial charge in [0.2, 0.25) is 0 Å². The third-order valence-corrected chi connectivity index (χ3v) is 2.71. The molecule has 0 aliphatic carbocycles. The predicted molar refractivity (Wildman–Crippen MR) is 54.3 cm³/mol. The van der Waals surface area contributed by atoms with Crippen LogP contribution in [0, 0.1) is 0 Å². The topological polar surface area (TPSA) is 49.4 Å². The summed E-state index contributed by atoms with van der Waals surface area (Å²) in [6, 6.07) is -0.348. The van der Waals surface area contributed by atoms with Crippen LogP contribution in [0.25, 0.3) is 0 Å².